The highest BCUT2D eigenvalue weighted by Gasteiger charge is 2.28. The van der Waals surface area contributed by atoms with E-state index in [9.17, 15) is 9.50 Å². The number of aryl methyl sites for hydroxylation is 1. The van der Waals surface area contributed by atoms with Crippen molar-refractivity contribution in [2.45, 2.75) is 18.9 Å². The van der Waals surface area contributed by atoms with Gasteiger partial charge in [0.2, 0.25) is 0 Å². The van der Waals surface area contributed by atoms with Crippen LogP contribution < -0.4 is 0 Å². The third kappa shape index (κ3) is 3.76. The second-order valence-electron chi connectivity index (χ2n) is 5.13. The number of hydrogen-bond donors (Lipinski definition) is 1. The van der Waals surface area contributed by atoms with Crippen LogP contribution in [0, 0.1) is 12.7 Å². The Bertz CT molecular complexity index is 857. The van der Waals surface area contributed by atoms with Crippen LogP contribution in [0.4, 0.5) is 4.39 Å². The number of aliphatic hydroxyl groups is 1. The third-order valence-corrected chi connectivity index (χ3v) is 4.00. The molecule has 1 N–H and O–H groups in total. The lowest BCUT2D eigenvalue weighted by Crippen LogP contribution is -2.20. The number of benzene rings is 1. The maximum Gasteiger partial charge on any atom is 0.144 e. The fourth-order valence-corrected chi connectivity index (χ4v) is 2.57. The molecule has 122 valence electrons. The number of nitrogens with zero attached hydrogens (tertiary/aromatic N) is 4. The normalized spacial score (nSPS) is 12.6. The zero-order valence-corrected chi connectivity index (χ0v) is 13.6. The van der Waals surface area contributed by atoms with Gasteiger partial charge in [-0.1, -0.05) is 41.2 Å². The number of aliphatic hydroxyl groups excluding tert-OH is 1. The minimum absolute atomic E-state index is 0.338. The Morgan fingerprint density at radius 1 is 1.42 bits per heavy atom. The summed E-state index contributed by atoms with van der Waals surface area (Å²) in [4.78, 5) is 6.61. The van der Waals surface area contributed by atoms with Crippen molar-refractivity contribution >= 4 is 11.6 Å². The summed E-state index contributed by atoms with van der Waals surface area (Å²) in [5.74, 6) is -1.55. The topological polar surface area (TPSA) is 81.9 Å². The van der Waals surface area contributed by atoms with E-state index in [2.05, 4.69) is 27.3 Å². The van der Waals surface area contributed by atoms with Gasteiger partial charge in [-0.05, 0) is 41.3 Å². The maximum absolute atomic E-state index is 13.6. The standard InChI is InChI=1S/C17H14ClFN4O/c1-3-15(24)17(22-23-20)16(12-7-13(19)9-21-8-12)11-4-5-14(18)10(2)6-11/h4-9,16-17,24H,1H2,2H3/t16-,17+/m0/s1. The highest BCUT2D eigenvalue weighted by molar-refractivity contribution is 6.31. The fourth-order valence-electron chi connectivity index (χ4n) is 2.46. The first-order valence-electron chi connectivity index (χ1n) is 6.97. The molecule has 7 heteroatoms. The highest BCUT2D eigenvalue weighted by atomic mass is 35.5. The Labute approximate surface area is 143 Å². The zero-order chi connectivity index (χ0) is 17.7. The molecule has 0 saturated carbocycles. The molecule has 0 aliphatic carbocycles. The first-order chi connectivity index (χ1) is 11.5. The van der Waals surface area contributed by atoms with Crippen LogP contribution in [0.15, 0.2) is 59.8 Å². The molecule has 0 fully saturated rings. The van der Waals surface area contributed by atoms with E-state index in [1.165, 1.54) is 12.3 Å². The monoisotopic (exact) mass is 344 g/mol. The van der Waals surface area contributed by atoms with Crippen LogP contribution in [-0.4, -0.2) is 16.1 Å². The van der Waals surface area contributed by atoms with Gasteiger partial charge < -0.3 is 5.11 Å². The molecule has 0 aliphatic heterocycles. The molecule has 0 saturated heterocycles. The molecule has 1 aromatic heterocycles. The Kier molecular flexibility index (Phi) is 5.61. The van der Waals surface area contributed by atoms with Crippen molar-refractivity contribution in [1.29, 1.82) is 0 Å². The van der Waals surface area contributed by atoms with Crippen LogP contribution in [0.5, 0.6) is 0 Å². The maximum atomic E-state index is 13.6. The summed E-state index contributed by atoms with van der Waals surface area (Å²) in [6.45, 7) is 5.19. The van der Waals surface area contributed by atoms with Gasteiger partial charge in [0.05, 0.1) is 6.20 Å². The zero-order valence-electron chi connectivity index (χ0n) is 12.8. The van der Waals surface area contributed by atoms with Crippen molar-refractivity contribution in [2.24, 2.45) is 5.11 Å². The van der Waals surface area contributed by atoms with E-state index < -0.39 is 17.8 Å². The third-order valence-electron chi connectivity index (χ3n) is 3.58. The predicted octanol–water partition coefficient (Wildman–Crippen LogP) is 5.22. The van der Waals surface area contributed by atoms with Crippen molar-refractivity contribution in [2.75, 3.05) is 0 Å². The minimum Gasteiger partial charge on any atom is -0.504 e. The van der Waals surface area contributed by atoms with E-state index >= 15 is 0 Å². The number of rotatable bonds is 5. The molecule has 0 radical (unpaired) electrons. The highest BCUT2D eigenvalue weighted by Crippen LogP contribution is 2.34. The van der Waals surface area contributed by atoms with Gasteiger partial charge in [-0.2, -0.15) is 0 Å². The fraction of sp³-hybridized carbons (Fsp3) is 0.176. The van der Waals surface area contributed by atoms with Crippen molar-refractivity contribution in [3.05, 3.63) is 92.7 Å². The molecule has 0 amide bonds. The van der Waals surface area contributed by atoms with E-state index in [1.54, 1.807) is 18.2 Å². The molecular formula is C17H14ClFN4O. The van der Waals surface area contributed by atoms with E-state index in [0.717, 1.165) is 11.8 Å². The van der Waals surface area contributed by atoms with Crippen LogP contribution >= 0.6 is 11.6 Å². The summed E-state index contributed by atoms with van der Waals surface area (Å²) in [5, 5.41) is 14.3. The van der Waals surface area contributed by atoms with Crippen LogP contribution in [0.2, 0.25) is 5.02 Å². The van der Waals surface area contributed by atoms with E-state index in [1.807, 2.05) is 6.92 Å². The van der Waals surface area contributed by atoms with Gasteiger partial charge in [-0.15, -0.1) is 0 Å². The average Bonchev–Trinajstić information content (AvgIpc) is 2.57. The first-order valence-corrected chi connectivity index (χ1v) is 7.35. The summed E-state index contributed by atoms with van der Waals surface area (Å²) < 4.78 is 13.6. The average molecular weight is 345 g/mol. The molecule has 0 aliphatic rings. The van der Waals surface area contributed by atoms with Gasteiger partial charge in [0.25, 0.3) is 0 Å². The van der Waals surface area contributed by atoms with Gasteiger partial charge in [0.15, 0.2) is 0 Å². The lowest BCUT2D eigenvalue weighted by molar-refractivity contribution is 0.356. The van der Waals surface area contributed by atoms with Crippen LogP contribution in [0.3, 0.4) is 0 Å². The van der Waals surface area contributed by atoms with Crippen molar-refractivity contribution in [1.82, 2.24) is 4.98 Å². The Morgan fingerprint density at radius 3 is 2.75 bits per heavy atom. The van der Waals surface area contributed by atoms with Crippen LogP contribution in [0.1, 0.15) is 22.6 Å². The summed E-state index contributed by atoms with van der Waals surface area (Å²) in [6.07, 6.45) is 2.52. The van der Waals surface area contributed by atoms with Gasteiger partial charge in [0.1, 0.15) is 17.6 Å². The van der Waals surface area contributed by atoms with Crippen LogP contribution in [0.25, 0.3) is 10.4 Å². The number of hydrogen-bond acceptors (Lipinski definition) is 3. The summed E-state index contributed by atoms with van der Waals surface area (Å²) >= 11 is 6.06. The second kappa shape index (κ2) is 7.66. The van der Waals surface area contributed by atoms with Crippen molar-refractivity contribution in [3.63, 3.8) is 0 Å². The molecule has 2 aromatic rings. The van der Waals surface area contributed by atoms with Crippen LogP contribution in [-0.2, 0) is 0 Å². The van der Waals surface area contributed by atoms with Gasteiger partial charge in [-0.25, -0.2) is 4.39 Å². The molecule has 5 nitrogen and oxygen atoms in total. The second-order valence-corrected chi connectivity index (χ2v) is 5.54. The number of azide groups is 1. The minimum atomic E-state index is -1.04. The number of aromatic nitrogens is 1. The van der Waals surface area contributed by atoms with Gasteiger partial charge >= 0.3 is 0 Å². The SMILES string of the molecule is C=C=C(O)[C@@H](N=[N+]=[N-])[C@H](c1cncc(F)c1)c1ccc(Cl)c(C)c1. The molecule has 2 atom stereocenters. The summed E-state index contributed by atoms with van der Waals surface area (Å²) in [7, 11) is 0. The van der Waals surface area contributed by atoms with Gasteiger partial charge in [-0.3, -0.25) is 4.98 Å². The molecule has 1 heterocycles. The Balaban J connectivity index is 2.70. The number of halogens is 2. The number of pyridine rings is 1. The molecule has 0 unspecified atom stereocenters. The quantitative estimate of drug-likeness (QED) is 0.265. The molecule has 1 aromatic carbocycles. The Hall–Kier alpha value is -2.78. The molecule has 0 spiro atoms. The molecule has 24 heavy (non-hydrogen) atoms. The summed E-state index contributed by atoms with van der Waals surface area (Å²) in [5.41, 5.74) is 13.1. The van der Waals surface area contributed by atoms with Crippen molar-refractivity contribution < 1.29 is 9.50 Å². The lowest BCUT2D eigenvalue weighted by atomic mass is 9.84. The first kappa shape index (κ1) is 17.6. The van der Waals surface area contributed by atoms with E-state index in [4.69, 9.17) is 17.1 Å². The molecule has 0 bridgehead atoms. The lowest BCUT2D eigenvalue weighted by Gasteiger charge is -2.23. The Morgan fingerprint density at radius 2 is 2.17 bits per heavy atom. The van der Waals surface area contributed by atoms with E-state index in [0.29, 0.717) is 16.1 Å². The smallest absolute Gasteiger partial charge is 0.144 e. The predicted molar refractivity (Wildman–Crippen MR) is 90.4 cm³/mol. The largest absolute Gasteiger partial charge is 0.504 e. The van der Waals surface area contributed by atoms with Gasteiger partial charge in [0, 0.05) is 22.0 Å². The van der Waals surface area contributed by atoms with Crippen molar-refractivity contribution in [3.8, 4) is 0 Å². The molecule has 2 rings (SSSR count). The van der Waals surface area contributed by atoms with E-state index in [-0.39, 0.29) is 5.76 Å². The summed E-state index contributed by atoms with van der Waals surface area (Å²) in [6, 6.07) is 5.43. The molecular weight excluding hydrogens is 331 g/mol.